The highest BCUT2D eigenvalue weighted by atomic mass is 19.1. The number of methoxy groups -OCH3 is 1. The van der Waals surface area contributed by atoms with Crippen molar-refractivity contribution in [1.82, 2.24) is 15.0 Å². The minimum atomic E-state index is -0.498. The number of benzene rings is 1. The van der Waals surface area contributed by atoms with Crippen molar-refractivity contribution in [3.05, 3.63) is 47.7 Å². The minimum absolute atomic E-state index is 0.0900. The van der Waals surface area contributed by atoms with E-state index in [4.69, 9.17) is 4.74 Å². The number of nitrogens with one attached hydrogen (secondary N) is 1. The van der Waals surface area contributed by atoms with Crippen LogP contribution < -0.4 is 15.0 Å². The molecular formula is C22H24FN5O2. The van der Waals surface area contributed by atoms with Gasteiger partial charge in [-0.05, 0) is 44.9 Å². The van der Waals surface area contributed by atoms with Crippen LogP contribution in [-0.4, -0.2) is 41.1 Å². The molecule has 30 heavy (non-hydrogen) atoms. The van der Waals surface area contributed by atoms with Crippen molar-refractivity contribution in [2.24, 2.45) is 5.92 Å². The van der Waals surface area contributed by atoms with Crippen LogP contribution in [0, 0.1) is 25.6 Å². The Labute approximate surface area is 174 Å². The molecule has 4 rings (SSSR count). The number of rotatable bonds is 4. The Kier molecular flexibility index (Phi) is 5.48. The fraction of sp³-hybridized carbons (Fsp3) is 0.364. The molecule has 2 aromatic heterocycles. The number of piperidine rings is 1. The first-order chi connectivity index (χ1) is 14.4. The molecule has 3 heterocycles. The number of fused-ring (bicyclic) bond motifs is 1. The average molecular weight is 409 g/mol. The molecule has 1 aromatic carbocycles. The number of anilines is 2. The highest BCUT2D eigenvalue weighted by Gasteiger charge is 2.26. The van der Waals surface area contributed by atoms with E-state index in [9.17, 15) is 9.18 Å². The van der Waals surface area contributed by atoms with E-state index in [1.54, 1.807) is 6.07 Å². The van der Waals surface area contributed by atoms with Gasteiger partial charge >= 0.3 is 0 Å². The number of nitrogens with zero attached hydrogens (tertiary/aromatic N) is 4. The van der Waals surface area contributed by atoms with Crippen molar-refractivity contribution >= 4 is 28.4 Å². The fourth-order valence-corrected chi connectivity index (χ4v) is 3.67. The maximum absolute atomic E-state index is 13.8. The number of carbonyl (C=O) groups excluding carboxylic acids is 1. The first-order valence-electron chi connectivity index (χ1n) is 9.95. The van der Waals surface area contributed by atoms with Crippen molar-refractivity contribution in [2.75, 3.05) is 30.4 Å². The number of halogens is 1. The molecule has 156 valence electrons. The molecule has 1 N–H and O–H groups in total. The summed E-state index contributed by atoms with van der Waals surface area (Å²) in [6.07, 6.45) is 3.23. The number of ether oxygens (including phenoxy) is 1. The smallest absolute Gasteiger partial charge is 0.227 e. The second kappa shape index (κ2) is 8.22. The number of amides is 1. The summed E-state index contributed by atoms with van der Waals surface area (Å²) in [5.41, 5.74) is 4.61. The SMILES string of the molecule is COc1ccc(NC(=O)C2CCN(c3cnc4nc(C)c(C)nc4c3)CC2)cc1F. The summed E-state index contributed by atoms with van der Waals surface area (Å²) < 4.78 is 18.7. The molecule has 1 amide bonds. The number of carbonyl (C=O) groups is 1. The molecule has 0 bridgehead atoms. The molecule has 0 atom stereocenters. The van der Waals surface area contributed by atoms with Gasteiger partial charge in [0.25, 0.3) is 0 Å². The predicted octanol–water partition coefficient (Wildman–Crippen LogP) is 3.64. The van der Waals surface area contributed by atoms with Crippen LogP contribution in [0.4, 0.5) is 15.8 Å². The lowest BCUT2D eigenvalue weighted by Gasteiger charge is -2.32. The topological polar surface area (TPSA) is 80.2 Å². The summed E-state index contributed by atoms with van der Waals surface area (Å²) in [7, 11) is 1.41. The Morgan fingerprint density at radius 1 is 1.17 bits per heavy atom. The minimum Gasteiger partial charge on any atom is -0.494 e. The normalized spacial score (nSPS) is 14.7. The van der Waals surface area contributed by atoms with Gasteiger partial charge in [-0.2, -0.15) is 0 Å². The molecule has 0 radical (unpaired) electrons. The molecule has 0 unspecified atom stereocenters. The van der Waals surface area contributed by atoms with Gasteiger partial charge in [-0.3, -0.25) is 4.79 Å². The molecular weight excluding hydrogens is 385 g/mol. The summed E-state index contributed by atoms with van der Waals surface area (Å²) >= 11 is 0. The van der Waals surface area contributed by atoms with E-state index >= 15 is 0 Å². The van der Waals surface area contributed by atoms with Crippen molar-refractivity contribution < 1.29 is 13.9 Å². The van der Waals surface area contributed by atoms with E-state index in [0.717, 1.165) is 35.7 Å². The summed E-state index contributed by atoms with van der Waals surface area (Å²) in [4.78, 5) is 28.3. The second-order valence-electron chi connectivity index (χ2n) is 7.53. The van der Waals surface area contributed by atoms with Gasteiger partial charge in [0.05, 0.1) is 30.4 Å². The highest BCUT2D eigenvalue weighted by molar-refractivity contribution is 5.92. The molecule has 8 heteroatoms. The number of pyridine rings is 1. The Morgan fingerprint density at radius 2 is 1.90 bits per heavy atom. The van der Waals surface area contributed by atoms with Crippen LogP contribution in [0.15, 0.2) is 30.5 Å². The van der Waals surface area contributed by atoms with E-state index in [1.807, 2.05) is 26.1 Å². The molecule has 7 nitrogen and oxygen atoms in total. The maximum Gasteiger partial charge on any atom is 0.227 e. The summed E-state index contributed by atoms with van der Waals surface area (Å²) in [5, 5.41) is 2.81. The summed E-state index contributed by atoms with van der Waals surface area (Å²) in [6.45, 7) is 5.34. The monoisotopic (exact) mass is 409 g/mol. The van der Waals surface area contributed by atoms with E-state index in [2.05, 4.69) is 25.2 Å². The fourth-order valence-electron chi connectivity index (χ4n) is 3.67. The molecule has 1 aliphatic heterocycles. The Hall–Kier alpha value is -3.29. The van der Waals surface area contributed by atoms with Gasteiger partial charge in [0.2, 0.25) is 5.91 Å². The highest BCUT2D eigenvalue weighted by Crippen LogP contribution is 2.26. The van der Waals surface area contributed by atoms with Crippen LogP contribution in [0.1, 0.15) is 24.2 Å². The zero-order valence-corrected chi connectivity index (χ0v) is 17.3. The van der Waals surface area contributed by atoms with Crippen LogP contribution >= 0.6 is 0 Å². The molecule has 0 aliphatic carbocycles. The lowest BCUT2D eigenvalue weighted by atomic mass is 9.95. The zero-order chi connectivity index (χ0) is 21.3. The van der Waals surface area contributed by atoms with Crippen LogP contribution in [0.2, 0.25) is 0 Å². The molecule has 1 aliphatic rings. The average Bonchev–Trinajstić information content (AvgIpc) is 2.74. The molecule has 1 saturated heterocycles. The zero-order valence-electron chi connectivity index (χ0n) is 17.3. The van der Waals surface area contributed by atoms with Gasteiger partial charge in [0.15, 0.2) is 17.2 Å². The quantitative estimate of drug-likeness (QED) is 0.709. The van der Waals surface area contributed by atoms with Gasteiger partial charge in [-0.25, -0.2) is 19.3 Å². The lowest BCUT2D eigenvalue weighted by molar-refractivity contribution is -0.120. The largest absolute Gasteiger partial charge is 0.494 e. The van der Waals surface area contributed by atoms with Crippen LogP contribution in [0.25, 0.3) is 11.2 Å². The van der Waals surface area contributed by atoms with Crippen molar-refractivity contribution in [2.45, 2.75) is 26.7 Å². The third kappa shape index (κ3) is 4.03. The maximum atomic E-state index is 13.8. The first kappa shape index (κ1) is 20.0. The predicted molar refractivity (Wildman–Crippen MR) is 113 cm³/mol. The Bertz CT molecular complexity index is 1100. The van der Waals surface area contributed by atoms with E-state index in [1.165, 1.54) is 19.2 Å². The van der Waals surface area contributed by atoms with Gasteiger partial charge in [0.1, 0.15) is 5.52 Å². The van der Waals surface area contributed by atoms with Gasteiger partial charge in [0, 0.05) is 30.8 Å². The summed E-state index contributed by atoms with van der Waals surface area (Å²) in [5.74, 6) is -0.555. The van der Waals surface area contributed by atoms with E-state index < -0.39 is 5.82 Å². The summed E-state index contributed by atoms with van der Waals surface area (Å²) in [6, 6.07) is 6.42. The van der Waals surface area contributed by atoms with Crippen LogP contribution in [0.5, 0.6) is 5.75 Å². The molecule has 0 spiro atoms. The van der Waals surface area contributed by atoms with Gasteiger partial charge in [-0.1, -0.05) is 0 Å². The first-order valence-corrected chi connectivity index (χ1v) is 9.95. The van der Waals surface area contributed by atoms with E-state index in [0.29, 0.717) is 24.2 Å². The Morgan fingerprint density at radius 3 is 2.60 bits per heavy atom. The number of aryl methyl sites for hydroxylation is 2. The molecule has 3 aromatic rings. The molecule has 0 saturated carbocycles. The van der Waals surface area contributed by atoms with Gasteiger partial charge < -0.3 is 15.0 Å². The van der Waals surface area contributed by atoms with Crippen LogP contribution in [0.3, 0.4) is 0 Å². The third-order valence-electron chi connectivity index (χ3n) is 5.57. The Balaban J connectivity index is 1.39. The number of hydrogen-bond acceptors (Lipinski definition) is 6. The molecule has 1 fully saturated rings. The second-order valence-corrected chi connectivity index (χ2v) is 7.53. The number of aromatic nitrogens is 3. The van der Waals surface area contributed by atoms with Crippen molar-refractivity contribution in [3.8, 4) is 5.75 Å². The van der Waals surface area contributed by atoms with Crippen molar-refractivity contribution in [3.63, 3.8) is 0 Å². The standard InChI is InChI=1S/C22H24FN5O2/c1-13-14(2)26-21-19(25-13)11-17(12-24-21)28-8-6-15(7-9-28)22(29)27-16-4-5-20(30-3)18(23)10-16/h4-5,10-12,15H,6-9H2,1-3H3,(H,27,29). The van der Waals surface area contributed by atoms with Gasteiger partial charge in [-0.15, -0.1) is 0 Å². The van der Waals surface area contributed by atoms with Crippen molar-refractivity contribution in [1.29, 1.82) is 0 Å². The van der Waals surface area contributed by atoms with Crippen LogP contribution in [-0.2, 0) is 4.79 Å². The number of hydrogen-bond donors (Lipinski definition) is 1. The lowest BCUT2D eigenvalue weighted by Crippen LogP contribution is -2.38. The third-order valence-corrected chi connectivity index (χ3v) is 5.57. The van der Waals surface area contributed by atoms with E-state index in [-0.39, 0.29) is 17.6 Å².